The Kier molecular flexibility index (Phi) is 4.73. The zero-order valence-electron chi connectivity index (χ0n) is 13.7. The molecule has 0 amide bonds. The second kappa shape index (κ2) is 6.77. The van der Waals surface area contributed by atoms with Crippen molar-refractivity contribution in [2.24, 2.45) is 5.92 Å². The van der Waals surface area contributed by atoms with Crippen LogP contribution in [0.3, 0.4) is 0 Å². The van der Waals surface area contributed by atoms with Crippen LogP contribution in [0.25, 0.3) is 21.9 Å². The van der Waals surface area contributed by atoms with Crippen molar-refractivity contribution in [2.75, 3.05) is 24.2 Å². The van der Waals surface area contributed by atoms with Crippen LogP contribution < -0.4 is 4.90 Å². The summed E-state index contributed by atoms with van der Waals surface area (Å²) in [4.78, 5) is 32.7. The van der Waals surface area contributed by atoms with Crippen LogP contribution in [0.15, 0.2) is 22.7 Å². The van der Waals surface area contributed by atoms with Crippen molar-refractivity contribution in [3.8, 4) is 0 Å². The topological polar surface area (TPSA) is 102 Å². The van der Waals surface area contributed by atoms with E-state index in [-0.39, 0.29) is 17.4 Å². The molecule has 0 spiro atoms. The van der Waals surface area contributed by atoms with E-state index in [1.54, 1.807) is 0 Å². The minimum atomic E-state index is -3.97. The number of hydrogen-bond acceptors (Lipinski definition) is 4. The summed E-state index contributed by atoms with van der Waals surface area (Å²) >= 11 is 9.66. The minimum Gasteiger partial charge on any atom is -0.355 e. The van der Waals surface area contributed by atoms with Gasteiger partial charge in [-0.2, -0.15) is 4.98 Å². The first-order chi connectivity index (χ1) is 12.3. The van der Waals surface area contributed by atoms with Crippen LogP contribution in [0.5, 0.6) is 0 Å². The maximum absolute atomic E-state index is 11.2. The SMILES string of the molecule is O=P(O)(O)CC1CCN(c2nc(Cl)nc3c2[nH]c2ccc(Br)cc23)CC1. The van der Waals surface area contributed by atoms with Gasteiger partial charge in [-0.25, -0.2) is 4.98 Å². The highest BCUT2D eigenvalue weighted by molar-refractivity contribution is 9.10. The lowest BCUT2D eigenvalue weighted by Gasteiger charge is -2.33. The summed E-state index contributed by atoms with van der Waals surface area (Å²) < 4.78 is 12.2. The summed E-state index contributed by atoms with van der Waals surface area (Å²) in [5.41, 5.74) is 2.56. The zero-order valence-corrected chi connectivity index (χ0v) is 16.9. The van der Waals surface area contributed by atoms with Crippen molar-refractivity contribution < 1.29 is 14.4 Å². The molecule has 0 radical (unpaired) electrons. The Bertz CT molecular complexity index is 1030. The van der Waals surface area contributed by atoms with E-state index in [0.29, 0.717) is 25.9 Å². The molecule has 4 rings (SSSR count). The maximum atomic E-state index is 11.2. The lowest BCUT2D eigenvalue weighted by Crippen LogP contribution is -2.35. The summed E-state index contributed by atoms with van der Waals surface area (Å²) in [6, 6.07) is 5.93. The number of piperidine rings is 1. The third kappa shape index (κ3) is 3.62. The molecule has 3 N–H and O–H groups in total. The molecule has 3 heterocycles. The fraction of sp³-hybridized carbons (Fsp3) is 0.375. The quantitative estimate of drug-likeness (QED) is 0.405. The fourth-order valence-electron chi connectivity index (χ4n) is 3.58. The first-order valence-corrected chi connectivity index (χ1v) is 11.2. The molecule has 0 aliphatic carbocycles. The summed E-state index contributed by atoms with van der Waals surface area (Å²) in [6.45, 7) is 1.35. The number of rotatable bonds is 3. The molecule has 26 heavy (non-hydrogen) atoms. The maximum Gasteiger partial charge on any atom is 0.325 e. The van der Waals surface area contributed by atoms with Crippen LogP contribution in [0.1, 0.15) is 12.8 Å². The lowest BCUT2D eigenvalue weighted by molar-refractivity contribution is 0.346. The van der Waals surface area contributed by atoms with E-state index in [1.165, 1.54) is 0 Å². The number of aromatic amines is 1. The highest BCUT2D eigenvalue weighted by atomic mass is 79.9. The van der Waals surface area contributed by atoms with E-state index in [2.05, 4.69) is 35.8 Å². The van der Waals surface area contributed by atoms with Gasteiger partial charge >= 0.3 is 7.60 Å². The van der Waals surface area contributed by atoms with Gasteiger partial charge < -0.3 is 19.7 Å². The summed E-state index contributed by atoms with van der Waals surface area (Å²) in [5, 5.41) is 1.15. The van der Waals surface area contributed by atoms with E-state index in [1.807, 2.05) is 18.2 Å². The minimum absolute atomic E-state index is 0.0264. The number of hydrogen-bond donors (Lipinski definition) is 3. The van der Waals surface area contributed by atoms with Crippen LogP contribution >= 0.6 is 35.1 Å². The van der Waals surface area contributed by atoms with Gasteiger partial charge in [-0.3, -0.25) is 4.57 Å². The summed E-state index contributed by atoms with van der Waals surface area (Å²) in [6.07, 6.45) is 1.36. The van der Waals surface area contributed by atoms with E-state index >= 15 is 0 Å². The van der Waals surface area contributed by atoms with Gasteiger partial charge in [0.1, 0.15) is 11.0 Å². The molecule has 1 saturated heterocycles. The normalized spacial score (nSPS) is 16.7. The van der Waals surface area contributed by atoms with Crippen LogP contribution in [-0.4, -0.2) is 44.0 Å². The van der Waals surface area contributed by atoms with Gasteiger partial charge in [0.15, 0.2) is 5.82 Å². The monoisotopic (exact) mass is 458 g/mol. The average Bonchev–Trinajstić information content (AvgIpc) is 2.91. The van der Waals surface area contributed by atoms with E-state index in [9.17, 15) is 14.4 Å². The Balaban J connectivity index is 1.69. The van der Waals surface area contributed by atoms with E-state index in [4.69, 9.17) is 11.6 Å². The van der Waals surface area contributed by atoms with Gasteiger partial charge in [-0.05, 0) is 48.6 Å². The molecule has 3 aromatic rings. The molecular formula is C16H17BrClN4O3P. The van der Waals surface area contributed by atoms with Crippen molar-refractivity contribution in [3.05, 3.63) is 28.0 Å². The highest BCUT2D eigenvalue weighted by Crippen LogP contribution is 2.40. The molecule has 7 nitrogen and oxygen atoms in total. The molecular weight excluding hydrogens is 443 g/mol. The zero-order chi connectivity index (χ0) is 18.5. The largest absolute Gasteiger partial charge is 0.355 e. The Morgan fingerprint density at radius 3 is 2.73 bits per heavy atom. The van der Waals surface area contributed by atoms with Gasteiger partial charge in [0.2, 0.25) is 5.28 Å². The number of fused-ring (bicyclic) bond motifs is 3. The standard InChI is InChI=1S/C16H17BrClN4O3P/c17-10-1-2-12-11(7-10)13-14(19-12)15(21-16(18)20-13)22-5-3-9(4-6-22)8-26(23,24)25/h1-2,7,9,19H,3-6,8H2,(H2,23,24,25). The van der Waals surface area contributed by atoms with Crippen molar-refractivity contribution in [3.63, 3.8) is 0 Å². The van der Waals surface area contributed by atoms with Crippen molar-refractivity contribution in [2.45, 2.75) is 12.8 Å². The van der Waals surface area contributed by atoms with Gasteiger partial charge in [-0.15, -0.1) is 0 Å². The smallest absolute Gasteiger partial charge is 0.325 e. The lowest BCUT2D eigenvalue weighted by atomic mass is 9.99. The molecule has 1 aromatic carbocycles. The molecule has 0 atom stereocenters. The number of H-pyrrole nitrogens is 1. The Labute approximate surface area is 163 Å². The summed E-state index contributed by atoms with van der Waals surface area (Å²) in [5.74, 6) is 0.764. The van der Waals surface area contributed by atoms with Gasteiger partial charge in [0, 0.05) is 28.5 Å². The van der Waals surface area contributed by atoms with Gasteiger partial charge in [0.25, 0.3) is 0 Å². The van der Waals surface area contributed by atoms with Crippen molar-refractivity contribution in [1.29, 1.82) is 0 Å². The number of nitrogens with zero attached hydrogens (tertiary/aromatic N) is 3. The second-order valence-corrected chi connectivity index (χ2v) is 9.58. The van der Waals surface area contributed by atoms with Crippen molar-refractivity contribution in [1.82, 2.24) is 15.0 Å². The first kappa shape index (κ1) is 18.2. The molecule has 1 fully saturated rings. The number of aromatic nitrogens is 3. The van der Waals surface area contributed by atoms with Crippen LogP contribution in [-0.2, 0) is 4.57 Å². The Morgan fingerprint density at radius 1 is 1.31 bits per heavy atom. The molecule has 0 saturated carbocycles. The molecule has 10 heteroatoms. The Morgan fingerprint density at radius 2 is 2.04 bits per heavy atom. The first-order valence-electron chi connectivity index (χ1n) is 8.24. The second-order valence-electron chi connectivity index (χ2n) is 6.63. The third-order valence-corrected chi connectivity index (χ3v) is 6.42. The van der Waals surface area contributed by atoms with Crippen LogP contribution in [0.2, 0.25) is 5.28 Å². The van der Waals surface area contributed by atoms with E-state index < -0.39 is 7.60 Å². The van der Waals surface area contributed by atoms with Crippen LogP contribution in [0, 0.1) is 5.92 Å². The number of halogens is 2. The predicted molar refractivity (Wildman–Crippen MR) is 106 cm³/mol. The van der Waals surface area contributed by atoms with Crippen molar-refractivity contribution >= 4 is 62.9 Å². The fourth-order valence-corrected chi connectivity index (χ4v) is 5.14. The average molecular weight is 460 g/mol. The summed E-state index contributed by atoms with van der Waals surface area (Å²) in [7, 11) is -3.97. The van der Waals surface area contributed by atoms with Gasteiger partial charge in [-0.1, -0.05) is 15.9 Å². The Hall–Kier alpha value is -1.18. The number of nitrogens with one attached hydrogen (secondary N) is 1. The third-order valence-electron chi connectivity index (χ3n) is 4.77. The predicted octanol–water partition coefficient (Wildman–Crippen LogP) is 3.92. The highest BCUT2D eigenvalue weighted by Gasteiger charge is 2.28. The van der Waals surface area contributed by atoms with E-state index in [0.717, 1.165) is 32.2 Å². The molecule has 138 valence electrons. The molecule has 0 unspecified atom stereocenters. The molecule has 0 bridgehead atoms. The number of anilines is 1. The molecule has 2 aromatic heterocycles. The number of benzene rings is 1. The molecule has 1 aliphatic rings. The van der Waals surface area contributed by atoms with Gasteiger partial charge in [0.05, 0.1) is 6.16 Å². The molecule has 1 aliphatic heterocycles. The van der Waals surface area contributed by atoms with Crippen LogP contribution in [0.4, 0.5) is 5.82 Å².